The van der Waals surface area contributed by atoms with E-state index in [9.17, 15) is 5.11 Å². The smallest absolute Gasteiger partial charge is 0.0923 e. The first-order valence-electron chi connectivity index (χ1n) is 7.77. The van der Waals surface area contributed by atoms with E-state index >= 15 is 0 Å². The zero-order valence-corrected chi connectivity index (χ0v) is 12.5. The Labute approximate surface area is 122 Å². The van der Waals surface area contributed by atoms with Crippen molar-refractivity contribution in [2.24, 2.45) is 0 Å². The van der Waals surface area contributed by atoms with Crippen LogP contribution in [0.15, 0.2) is 24.3 Å². The molecule has 112 valence electrons. The normalized spacial score (nSPS) is 19.1. The van der Waals surface area contributed by atoms with Crippen LogP contribution < -0.4 is 0 Å². The van der Waals surface area contributed by atoms with E-state index < -0.39 is 5.60 Å². The van der Waals surface area contributed by atoms with Gasteiger partial charge in [-0.3, -0.25) is 0 Å². The number of aryl methyl sites for hydroxylation is 1. The molecule has 2 N–H and O–H groups in total. The molecule has 1 aliphatic heterocycles. The number of aliphatic hydroxyl groups is 2. The standard InChI is InChI=1S/C17H27NO2/c1-15-7-3-4-8-16(15)17(20)9-12-18(13-10-17)11-5-2-6-14-19/h3-4,7-8,19-20H,2,5-6,9-14H2,1H3. The molecular weight excluding hydrogens is 250 g/mol. The largest absolute Gasteiger partial charge is 0.396 e. The van der Waals surface area contributed by atoms with Crippen molar-refractivity contribution in [3.8, 4) is 0 Å². The van der Waals surface area contributed by atoms with Crippen molar-refractivity contribution < 1.29 is 10.2 Å². The van der Waals surface area contributed by atoms with E-state index in [0.717, 1.165) is 57.3 Å². The average Bonchev–Trinajstić information content (AvgIpc) is 2.46. The highest BCUT2D eigenvalue weighted by Gasteiger charge is 2.34. The van der Waals surface area contributed by atoms with Crippen molar-refractivity contribution in [3.05, 3.63) is 35.4 Å². The fourth-order valence-corrected chi connectivity index (χ4v) is 3.13. The molecule has 3 nitrogen and oxygen atoms in total. The minimum absolute atomic E-state index is 0.299. The number of likely N-dealkylation sites (tertiary alicyclic amines) is 1. The number of rotatable bonds is 6. The zero-order valence-electron chi connectivity index (χ0n) is 12.5. The van der Waals surface area contributed by atoms with Crippen molar-refractivity contribution in [2.75, 3.05) is 26.2 Å². The zero-order chi connectivity index (χ0) is 14.4. The van der Waals surface area contributed by atoms with E-state index in [4.69, 9.17) is 5.11 Å². The highest BCUT2D eigenvalue weighted by Crippen LogP contribution is 2.34. The summed E-state index contributed by atoms with van der Waals surface area (Å²) in [6.45, 7) is 5.39. The third kappa shape index (κ3) is 3.81. The lowest BCUT2D eigenvalue weighted by molar-refractivity contribution is -0.0265. The third-order valence-corrected chi connectivity index (χ3v) is 4.46. The van der Waals surface area contributed by atoms with Crippen molar-refractivity contribution >= 4 is 0 Å². The molecule has 0 saturated carbocycles. The number of benzene rings is 1. The molecule has 0 amide bonds. The summed E-state index contributed by atoms with van der Waals surface area (Å²) >= 11 is 0. The summed E-state index contributed by atoms with van der Waals surface area (Å²) in [6, 6.07) is 8.18. The second-order valence-corrected chi connectivity index (χ2v) is 5.97. The van der Waals surface area contributed by atoms with Gasteiger partial charge in [-0.25, -0.2) is 0 Å². The highest BCUT2D eigenvalue weighted by atomic mass is 16.3. The Bertz CT molecular complexity index is 411. The lowest BCUT2D eigenvalue weighted by Crippen LogP contribution is -2.43. The fraction of sp³-hybridized carbons (Fsp3) is 0.647. The SMILES string of the molecule is Cc1ccccc1C1(O)CCN(CCCCCO)CC1. The Morgan fingerprint density at radius 2 is 1.80 bits per heavy atom. The second kappa shape index (κ2) is 7.21. The molecule has 0 aliphatic carbocycles. The lowest BCUT2D eigenvalue weighted by Gasteiger charge is -2.39. The summed E-state index contributed by atoms with van der Waals surface area (Å²) in [7, 11) is 0. The van der Waals surface area contributed by atoms with Gasteiger partial charge in [-0.15, -0.1) is 0 Å². The molecule has 0 radical (unpaired) electrons. The Balaban J connectivity index is 1.85. The van der Waals surface area contributed by atoms with Gasteiger partial charge in [0.2, 0.25) is 0 Å². The molecule has 1 heterocycles. The van der Waals surface area contributed by atoms with Gasteiger partial charge in [0.05, 0.1) is 5.60 Å². The van der Waals surface area contributed by atoms with Crippen LogP contribution in [0.3, 0.4) is 0 Å². The summed E-state index contributed by atoms with van der Waals surface area (Å²) < 4.78 is 0. The molecule has 1 aromatic carbocycles. The van der Waals surface area contributed by atoms with E-state index in [-0.39, 0.29) is 0 Å². The van der Waals surface area contributed by atoms with Gasteiger partial charge in [0, 0.05) is 19.7 Å². The van der Waals surface area contributed by atoms with Crippen LogP contribution in [0.25, 0.3) is 0 Å². The first-order chi connectivity index (χ1) is 9.65. The predicted molar refractivity (Wildman–Crippen MR) is 81.7 cm³/mol. The first-order valence-corrected chi connectivity index (χ1v) is 7.77. The Kier molecular flexibility index (Phi) is 5.58. The maximum Gasteiger partial charge on any atom is 0.0923 e. The van der Waals surface area contributed by atoms with Gasteiger partial charge >= 0.3 is 0 Å². The molecule has 0 spiro atoms. The molecule has 1 aliphatic rings. The van der Waals surface area contributed by atoms with Crippen LogP contribution in [0.1, 0.15) is 43.2 Å². The number of unbranched alkanes of at least 4 members (excludes halogenated alkanes) is 2. The van der Waals surface area contributed by atoms with Crippen LogP contribution >= 0.6 is 0 Å². The number of aliphatic hydroxyl groups excluding tert-OH is 1. The second-order valence-electron chi connectivity index (χ2n) is 5.97. The van der Waals surface area contributed by atoms with E-state index in [1.54, 1.807) is 0 Å². The minimum Gasteiger partial charge on any atom is -0.396 e. The highest BCUT2D eigenvalue weighted by molar-refractivity contribution is 5.31. The summed E-state index contributed by atoms with van der Waals surface area (Å²) in [5, 5.41) is 19.7. The molecule has 2 rings (SSSR count). The predicted octanol–water partition coefficient (Wildman–Crippen LogP) is 2.44. The van der Waals surface area contributed by atoms with Gasteiger partial charge in [0.15, 0.2) is 0 Å². The molecule has 1 fully saturated rings. The van der Waals surface area contributed by atoms with Gasteiger partial charge in [-0.1, -0.05) is 24.3 Å². The van der Waals surface area contributed by atoms with E-state index in [0.29, 0.717) is 6.61 Å². The van der Waals surface area contributed by atoms with Gasteiger partial charge in [0.1, 0.15) is 0 Å². The monoisotopic (exact) mass is 277 g/mol. The van der Waals surface area contributed by atoms with Crippen molar-refractivity contribution in [2.45, 2.75) is 44.6 Å². The topological polar surface area (TPSA) is 43.7 Å². The lowest BCUT2D eigenvalue weighted by atomic mass is 9.82. The van der Waals surface area contributed by atoms with Crippen LogP contribution in [0.4, 0.5) is 0 Å². The molecule has 0 aromatic heterocycles. The Morgan fingerprint density at radius 3 is 2.45 bits per heavy atom. The van der Waals surface area contributed by atoms with Crippen molar-refractivity contribution in [1.82, 2.24) is 4.90 Å². The van der Waals surface area contributed by atoms with Gasteiger partial charge in [-0.2, -0.15) is 0 Å². The van der Waals surface area contributed by atoms with E-state index in [2.05, 4.69) is 24.0 Å². The van der Waals surface area contributed by atoms with Crippen molar-refractivity contribution in [1.29, 1.82) is 0 Å². The van der Waals surface area contributed by atoms with Crippen molar-refractivity contribution in [3.63, 3.8) is 0 Å². The quantitative estimate of drug-likeness (QED) is 0.785. The van der Waals surface area contributed by atoms with Gasteiger partial charge < -0.3 is 15.1 Å². The van der Waals surface area contributed by atoms with Crippen LogP contribution in [-0.4, -0.2) is 41.4 Å². The summed E-state index contributed by atoms with van der Waals surface area (Å²) in [5.74, 6) is 0. The average molecular weight is 277 g/mol. The van der Waals surface area contributed by atoms with Crippen LogP contribution in [-0.2, 0) is 5.60 Å². The maximum absolute atomic E-state index is 10.9. The van der Waals surface area contributed by atoms with Gasteiger partial charge in [-0.05, 0) is 56.7 Å². The van der Waals surface area contributed by atoms with Crippen LogP contribution in [0, 0.1) is 6.92 Å². The fourth-order valence-electron chi connectivity index (χ4n) is 3.13. The Morgan fingerprint density at radius 1 is 1.10 bits per heavy atom. The maximum atomic E-state index is 10.9. The summed E-state index contributed by atoms with van der Waals surface area (Å²) in [4.78, 5) is 2.43. The first kappa shape index (κ1) is 15.5. The van der Waals surface area contributed by atoms with Crippen LogP contribution in [0.5, 0.6) is 0 Å². The molecule has 3 heteroatoms. The molecule has 1 saturated heterocycles. The molecule has 0 unspecified atom stereocenters. The number of hydrogen-bond donors (Lipinski definition) is 2. The van der Waals surface area contributed by atoms with Gasteiger partial charge in [0.25, 0.3) is 0 Å². The molecule has 0 atom stereocenters. The number of piperidine rings is 1. The Hall–Kier alpha value is -0.900. The molecule has 1 aromatic rings. The van der Waals surface area contributed by atoms with E-state index in [1.165, 1.54) is 5.56 Å². The summed E-state index contributed by atoms with van der Waals surface area (Å²) in [5.41, 5.74) is 1.64. The van der Waals surface area contributed by atoms with E-state index in [1.807, 2.05) is 12.1 Å². The molecule has 20 heavy (non-hydrogen) atoms. The summed E-state index contributed by atoms with van der Waals surface area (Å²) in [6.07, 6.45) is 4.77. The number of nitrogens with zero attached hydrogens (tertiary/aromatic N) is 1. The number of hydrogen-bond acceptors (Lipinski definition) is 3. The van der Waals surface area contributed by atoms with Crippen LogP contribution in [0.2, 0.25) is 0 Å². The molecule has 0 bridgehead atoms. The molecular formula is C17H27NO2. The third-order valence-electron chi connectivity index (χ3n) is 4.46. The minimum atomic E-state index is -0.646.